The molecule has 1 atom stereocenters. The van der Waals surface area contributed by atoms with E-state index in [9.17, 15) is 14.4 Å². The van der Waals surface area contributed by atoms with Gasteiger partial charge >= 0.3 is 0 Å². The maximum Gasteiger partial charge on any atom is 0.254 e. The summed E-state index contributed by atoms with van der Waals surface area (Å²) in [4.78, 5) is 41.4. The number of aryl methyl sites for hydroxylation is 2. The lowest BCUT2D eigenvalue weighted by molar-refractivity contribution is -0.137. The first kappa shape index (κ1) is 22.0. The van der Waals surface area contributed by atoms with Crippen molar-refractivity contribution in [2.75, 3.05) is 26.2 Å². The molecule has 0 saturated carbocycles. The third kappa shape index (κ3) is 5.18. The highest BCUT2D eigenvalue weighted by molar-refractivity contribution is 5.93. The van der Waals surface area contributed by atoms with Gasteiger partial charge in [0.25, 0.3) is 5.91 Å². The summed E-state index contributed by atoms with van der Waals surface area (Å²) in [5.74, 6) is 0.118. The molecule has 2 aliphatic heterocycles. The predicted molar refractivity (Wildman–Crippen MR) is 120 cm³/mol. The number of piperidine rings is 1. The lowest BCUT2D eigenvalue weighted by Gasteiger charge is -2.33. The van der Waals surface area contributed by atoms with E-state index in [-0.39, 0.29) is 23.6 Å². The summed E-state index contributed by atoms with van der Waals surface area (Å²) in [6, 6.07) is 8.16. The van der Waals surface area contributed by atoms with Crippen molar-refractivity contribution in [2.45, 2.75) is 32.7 Å². The molecule has 2 aromatic rings. The maximum absolute atomic E-state index is 13.0. The Morgan fingerprint density at radius 3 is 2.53 bits per heavy atom. The Balaban J connectivity index is 1.22. The van der Waals surface area contributed by atoms with Gasteiger partial charge < -0.3 is 15.1 Å². The van der Waals surface area contributed by atoms with Crippen molar-refractivity contribution in [1.82, 2.24) is 24.9 Å². The standard InChI is InChI=1S/C24H31N5O3/c1-17-3-5-19(6-4-17)14-29-16-20(11-22(29)30)24(32)28-9-7-18(8-10-28)12-25-23(31)21-13-26-27(2)15-21/h3-6,13,15,18,20H,7-12,14,16H2,1-2H3,(H,25,31). The van der Waals surface area contributed by atoms with Crippen molar-refractivity contribution in [3.05, 3.63) is 53.3 Å². The number of rotatable bonds is 6. The number of hydrogen-bond donors (Lipinski definition) is 1. The Morgan fingerprint density at radius 2 is 1.88 bits per heavy atom. The SMILES string of the molecule is Cc1ccc(CN2CC(C(=O)N3CCC(CNC(=O)c4cnn(C)c4)CC3)CC2=O)cc1. The van der Waals surface area contributed by atoms with E-state index in [0.29, 0.717) is 50.6 Å². The van der Waals surface area contributed by atoms with Crippen LogP contribution in [0.3, 0.4) is 0 Å². The van der Waals surface area contributed by atoms with E-state index in [0.717, 1.165) is 18.4 Å². The first-order chi connectivity index (χ1) is 15.4. The molecule has 1 aromatic carbocycles. The number of carbonyl (C=O) groups is 3. The van der Waals surface area contributed by atoms with Gasteiger partial charge in [-0.05, 0) is 31.2 Å². The fourth-order valence-electron chi connectivity index (χ4n) is 4.50. The average Bonchev–Trinajstić information content (AvgIpc) is 3.39. The van der Waals surface area contributed by atoms with Crippen LogP contribution < -0.4 is 5.32 Å². The van der Waals surface area contributed by atoms with Gasteiger partial charge in [-0.3, -0.25) is 19.1 Å². The molecule has 32 heavy (non-hydrogen) atoms. The number of hydrogen-bond acceptors (Lipinski definition) is 4. The minimum Gasteiger partial charge on any atom is -0.352 e. The average molecular weight is 438 g/mol. The van der Waals surface area contributed by atoms with E-state index in [1.54, 1.807) is 29.0 Å². The molecule has 1 aromatic heterocycles. The highest BCUT2D eigenvalue weighted by atomic mass is 16.2. The molecular formula is C24H31N5O3. The quantitative estimate of drug-likeness (QED) is 0.746. The molecule has 8 nitrogen and oxygen atoms in total. The van der Waals surface area contributed by atoms with Gasteiger partial charge in [0.05, 0.1) is 17.7 Å². The molecule has 1 N–H and O–H groups in total. The molecular weight excluding hydrogens is 406 g/mol. The lowest BCUT2D eigenvalue weighted by atomic mass is 9.95. The third-order valence-corrected chi connectivity index (χ3v) is 6.50. The molecule has 2 fully saturated rings. The zero-order valence-electron chi connectivity index (χ0n) is 18.8. The second-order valence-electron chi connectivity index (χ2n) is 9.04. The minimum absolute atomic E-state index is 0.0527. The Hall–Kier alpha value is -3.16. The van der Waals surface area contributed by atoms with Gasteiger partial charge in [-0.15, -0.1) is 0 Å². The van der Waals surface area contributed by atoms with E-state index >= 15 is 0 Å². The van der Waals surface area contributed by atoms with Crippen molar-refractivity contribution >= 4 is 17.7 Å². The zero-order chi connectivity index (χ0) is 22.7. The van der Waals surface area contributed by atoms with E-state index in [1.807, 2.05) is 36.1 Å². The number of carbonyl (C=O) groups excluding carboxylic acids is 3. The monoisotopic (exact) mass is 437 g/mol. The van der Waals surface area contributed by atoms with Crippen molar-refractivity contribution in [2.24, 2.45) is 18.9 Å². The number of amides is 3. The molecule has 3 amide bonds. The summed E-state index contributed by atoms with van der Waals surface area (Å²) in [5.41, 5.74) is 2.84. The molecule has 3 heterocycles. The first-order valence-corrected chi connectivity index (χ1v) is 11.3. The zero-order valence-corrected chi connectivity index (χ0v) is 18.8. The molecule has 0 bridgehead atoms. The molecule has 2 saturated heterocycles. The summed E-state index contributed by atoms with van der Waals surface area (Å²) in [6.45, 7) is 5.04. The number of aromatic nitrogens is 2. The Kier molecular flexibility index (Phi) is 6.58. The Bertz CT molecular complexity index is 976. The van der Waals surface area contributed by atoms with Gasteiger partial charge in [0.2, 0.25) is 11.8 Å². The molecule has 2 aliphatic rings. The van der Waals surface area contributed by atoms with Crippen LogP contribution in [0.25, 0.3) is 0 Å². The van der Waals surface area contributed by atoms with Gasteiger partial charge in [0.15, 0.2) is 0 Å². The van der Waals surface area contributed by atoms with Crippen LogP contribution in [0.4, 0.5) is 0 Å². The highest BCUT2D eigenvalue weighted by Crippen LogP contribution is 2.25. The molecule has 1 unspecified atom stereocenters. The second-order valence-corrected chi connectivity index (χ2v) is 9.04. The van der Waals surface area contributed by atoms with Gasteiger partial charge in [0.1, 0.15) is 0 Å². The number of nitrogens with one attached hydrogen (secondary N) is 1. The van der Waals surface area contributed by atoms with Crippen LogP contribution in [-0.4, -0.2) is 63.5 Å². The summed E-state index contributed by atoms with van der Waals surface area (Å²) in [6.07, 6.45) is 5.26. The third-order valence-electron chi connectivity index (χ3n) is 6.50. The summed E-state index contributed by atoms with van der Waals surface area (Å²) in [7, 11) is 1.78. The lowest BCUT2D eigenvalue weighted by Crippen LogP contribution is -2.44. The molecule has 4 rings (SSSR count). The van der Waals surface area contributed by atoms with Crippen molar-refractivity contribution in [3.63, 3.8) is 0 Å². The minimum atomic E-state index is -0.255. The van der Waals surface area contributed by atoms with Crippen molar-refractivity contribution in [3.8, 4) is 0 Å². The van der Waals surface area contributed by atoms with Crippen LogP contribution >= 0.6 is 0 Å². The molecule has 0 radical (unpaired) electrons. The predicted octanol–water partition coefficient (Wildman–Crippen LogP) is 1.75. The maximum atomic E-state index is 13.0. The van der Waals surface area contributed by atoms with Gasteiger partial charge in [-0.1, -0.05) is 29.8 Å². The van der Waals surface area contributed by atoms with Crippen LogP contribution in [0.1, 0.15) is 40.7 Å². The largest absolute Gasteiger partial charge is 0.352 e. The topological polar surface area (TPSA) is 87.5 Å². The smallest absolute Gasteiger partial charge is 0.254 e. The Labute approximate surface area is 188 Å². The number of nitrogens with zero attached hydrogens (tertiary/aromatic N) is 4. The van der Waals surface area contributed by atoms with Crippen LogP contribution in [0.2, 0.25) is 0 Å². The summed E-state index contributed by atoms with van der Waals surface area (Å²) < 4.78 is 1.61. The molecule has 0 aliphatic carbocycles. The first-order valence-electron chi connectivity index (χ1n) is 11.3. The van der Waals surface area contributed by atoms with E-state index in [2.05, 4.69) is 10.4 Å². The molecule has 0 spiro atoms. The highest BCUT2D eigenvalue weighted by Gasteiger charge is 2.37. The van der Waals surface area contributed by atoms with E-state index in [4.69, 9.17) is 0 Å². The van der Waals surface area contributed by atoms with Crippen molar-refractivity contribution < 1.29 is 14.4 Å². The number of likely N-dealkylation sites (tertiary alicyclic amines) is 2. The van der Waals surface area contributed by atoms with Gasteiger partial charge in [-0.25, -0.2) is 0 Å². The summed E-state index contributed by atoms with van der Waals surface area (Å²) >= 11 is 0. The van der Waals surface area contributed by atoms with Crippen LogP contribution in [-0.2, 0) is 23.2 Å². The normalized spacial score (nSPS) is 19.4. The van der Waals surface area contributed by atoms with Crippen LogP contribution in [0.15, 0.2) is 36.7 Å². The Morgan fingerprint density at radius 1 is 1.16 bits per heavy atom. The summed E-state index contributed by atoms with van der Waals surface area (Å²) in [5, 5.41) is 6.99. The molecule has 170 valence electrons. The number of benzene rings is 1. The van der Waals surface area contributed by atoms with Crippen molar-refractivity contribution in [1.29, 1.82) is 0 Å². The second kappa shape index (κ2) is 9.54. The van der Waals surface area contributed by atoms with Crippen LogP contribution in [0.5, 0.6) is 0 Å². The van der Waals surface area contributed by atoms with Crippen LogP contribution in [0, 0.1) is 18.8 Å². The van der Waals surface area contributed by atoms with E-state index in [1.165, 1.54) is 5.56 Å². The fraction of sp³-hybridized carbons (Fsp3) is 0.500. The van der Waals surface area contributed by atoms with E-state index < -0.39 is 0 Å². The fourth-order valence-corrected chi connectivity index (χ4v) is 4.50. The van der Waals surface area contributed by atoms with Gasteiger partial charge in [0, 0.05) is 52.4 Å². The molecule has 8 heteroatoms. The van der Waals surface area contributed by atoms with Gasteiger partial charge in [-0.2, -0.15) is 5.10 Å².